The maximum Gasteiger partial charge on any atom is 0.335 e. The number of nitrogens with two attached hydrogens (primary N) is 2. The third-order valence-electron chi connectivity index (χ3n) is 1.70. The highest BCUT2D eigenvalue weighted by Gasteiger charge is 2.06. The van der Waals surface area contributed by atoms with Gasteiger partial charge in [0, 0.05) is 0 Å². The van der Waals surface area contributed by atoms with Crippen LogP contribution in [0.5, 0.6) is 0 Å². The highest BCUT2D eigenvalue weighted by molar-refractivity contribution is 5.90. The van der Waals surface area contributed by atoms with E-state index >= 15 is 0 Å². The molecule has 14 heavy (non-hydrogen) atoms. The van der Waals surface area contributed by atoms with Crippen LogP contribution in [-0.4, -0.2) is 17.0 Å². The van der Waals surface area contributed by atoms with Crippen LogP contribution in [0.1, 0.15) is 15.9 Å². The average Bonchev–Trinajstić information content (AvgIpc) is 2.01. The summed E-state index contributed by atoms with van der Waals surface area (Å²) < 4.78 is 0. The third-order valence-corrected chi connectivity index (χ3v) is 1.70. The van der Waals surface area contributed by atoms with Gasteiger partial charge in [0.15, 0.2) is 5.96 Å². The van der Waals surface area contributed by atoms with Crippen molar-refractivity contribution in [3.8, 4) is 0 Å². The summed E-state index contributed by atoms with van der Waals surface area (Å²) in [6.45, 7) is 1.69. The van der Waals surface area contributed by atoms with Crippen molar-refractivity contribution < 1.29 is 9.90 Å². The Balaban J connectivity index is 3.13. The van der Waals surface area contributed by atoms with Crippen LogP contribution in [0.15, 0.2) is 23.2 Å². The number of hydrogen-bond acceptors (Lipinski definition) is 2. The smallest absolute Gasteiger partial charge is 0.335 e. The molecule has 0 saturated carbocycles. The van der Waals surface area contributed by atoms with Crippen LogP contribution in [0, 0.1) is 6.92 Å². The first-order valence-corrected chi connectivity index (χ1v) is 3.94. The Morgan fingerprint density at radius 1 is 1.43 bits per heavy atom. The lowest BCUT2D eigenvalue weighted by Crippen LogP contribution is -2.21. The Kier molecular flexibility index (Phi) is 2.71. The summed E-state index contributed by atoms with van der Waals surface area (Å²) in [4.78, 5) is 14.5. The third kappa shape index (κ3) is 2.22. The van der Waals surface area contributed by atoms with Crippen molar-refractivity contribution >= 4 is 17.6 Å². The van der Waals surface area contributed by atoms with E-state index < -0.39 is 5.97 Å². The first kappa shape index (κ1) is 10.0. The quantitative estimate of drug-likeness (QED) is 0.472. The van der Waals surface area contributed by atoms with E-state index in [4.69, 9.17) is 16.6 Å². The number of aromatic carboxylic acids is 1. The molecule has 1 aromatic rings. The van der Waals surface area contributed by atoms with Gasteiger partial charge in [-0.2, -0.15) is 0 Å². The summed E-state index contributed by atoms with van der Waals surface area (Å²) in [5.74, 6) is -1.01. The van der Waals surface area contributed by atoms with Crippen molar-refractivity contribution in [2.75, 3.05) is 0 Å². The predicted octanol–water partition coefficient (Wildman–Crippen LogP) is 0.598. The number of nitrogens with zero attached hydrogens (tertiary/aromatic N) is 1. The Morgan fingerprint density at radius 3 is 2.50 bits per heavy atom. The minimum atomic E-state index is -0.959. The largest absolute Gasteiger partial charge is 0.478 e. The second-order valence-corrected chi connectivity index (χ2v) is 2.84. The summed E-state index contributed by atoms with van der Waals surface area (Å²) in [5.41, 5.74) is 11.8. The van der Waals surface area contributed by atoms with Gasteiger partial charge >= 0.3 is 5.97 Å². The molecular weight excluding hydrogens is 182 g/mol. The van der Waals surface area contributed by atoms with Gasteiger partial charge in [-0.15, -0.1) is 0 Å². The Morgan fingerprint density at radius 2 is 2.07 bits per heavy atom. The fourth-order valence-corrected chi connectivity index (χ4v) is 1.11. The minimum absolute atomic E-state index is 0.0486. The van der Waals surface area contributed by atoms with Gasteiger partial charge in [-0.3, -0.25) is 0 Å². The predicted molar refractivity (Wildman–Crippen MR) is 53.6 cm³/mol. The molecule has 0 aliphatic carbocycles. The molecule has 0 spiro atoms. The van der Waals surface area contributed by atoms with E-state index in [1.165, 1.54) is 6.07 Å². The maximum absolute atomic E-state index is 10.7. The van der Waals surface area contributed by atoms with Gasteiger partial charge in [-0.05, 0) is 30.7 Å². The average molecular weight is 193 g/mol. The number of guanidine groups is 1. The molecule has 5 nitrogen and oxygen atoms in total. The number of hydrogen-bond donors (Lipinski definition) is 3. The van der Waals surface area contributed by atoms with E-state index in [0.717, 1.165) is 0 Å². The van der Waals surface area contributed by atoms with Crippen molar-refractivity contribution in [3.05, 3.63) is 29.3 Å². The highest BCUT2D eigenvalue weighted by Crippen LogP contribution is 2.17. The fraction of sp³-hybridized carbons (Fsp3) is 0.111. The lowest BCUT2D eigenvalue weighted by Gasteiger charge is -2.01. The minimum Gasteiger partial charge on any atom is -0.478 e. The second-order valence-electron chi connectivity index (χ2n) is 2.84. The Bertz CT molecular complexity index is 395. The van der Waals surface area contributed by atoms with E-state index in [-0.39, 0.29) is 11.5 Å². The molecule has 0 aliphatic heterocycles. The number of benzene rings is 1. The van der Waals surface area contributed by atoms with Gasteiger partial charge in [0.25, 0.3) is 0 Å². The molecule has 1 rings (SSSR count). The van der Waals surface area contributed by atoms with Crippen molar-refractivity contribution in [3.63, 3.8) is 0 Å². The zero-order valence-electron chi connectivity index (χ0n) is 7.69. The number of aryl methyl sites for hydroxylation is 1. The Labute approximate surface area is 81.1 Å². The van der Waals surface area contributed by atoms with E-state index in [9.17, 15) is 4.79 Å². The molecule has 5 heteroatoms. The van der Waals surface area contributed by atoms with Crippen LogP contribution in [0.25, 0.3) is 0 Å². The van der Waals surface area contributed by atoms with E-state index in [1.807, 2.05) is 0 Å². The van der Waals surface area contributed by atoms with Gasteiger partial charge in [-0.25, -0.2) is 9.79 Å². The molecule has 74 valence electrons. The van der Waals surface area contributed by atoms with Crippen LogP contribution < -0.4 is 11.5 Å². The molecule has 0 heterocycles. The van der Waals surface area contributed by atoms with Crippen molar-refractivity contribution in [2.24, 2.45) is 16.5 Å². The van der Waals surface area contributed by atoms with Crippen molar-refractivity contribution in [1.82, 2.24) is 0 Å². The summed E-state index contributed by atoms with van der Waals surface area (Å²) >= 11 is 0. The molecule has 0 fully saturated rings. The molecule has 0 aromatic heterocycles. The molecule has 0 bridgehead atoms. The lowest BCUT2D eigenvalue weighted by molar-refractivity contribution is 0.0696. The van der Waals surface area contributed by atoms with Gasteiger partial charge in [0.2, 0.25) is 0 Å². The van der Waals surface area contributed by atoms with Gasteiger partial charge in [0.05, 0.1) is 11.3 Å². The molecule has 1 aromatic carbocycles. The summed E-state index contributed by atoms with van der Waals surface area (Å²) in [6.07, 6.45) is 0. The van der Waals surface area contributed by atoms with E-state index in [1.54, 1.807) is 19.1 Å². The summed E-state index contributed by atoms with van der Waals surface area (Å²) in [5, 5.41) is 8.75. The second kappa shape index (κ2) is 3.78. The Hall–Kier alpha value is -2.04. The van der Waals surface area contributed by atoms with Crippen molar-refractivity contribution in [1.29, 1.82) is 0 Å². The van der Waals surface area contributed by atoms with Crippen LogP contribution in [0.3, 0.4) is 0 Å². The SMILES string of the molecule is Cc1cc(N=C(N)N)ccc1C(=O)O. The molecule has 5 N–H and O–H groups in total. The molecule has 0 atom stereocenters. The molecule has 0 aliphatic rings. The van der Waals surface area contributed by atoms with Crippen LogP contribution in [0.2, 0.25) is 0 Å². The van der Waals surface area contributed by atoms with Crippen LogP contribution in [-0.2, 0) is 0 Å². The van der Waals surface area contributed by atoms with E-state index in [2.05, 4.69) is 4.99 Å². The number of carboxylic acids is 1. The zero-order chi connectivity index (χ0) is 10.7. The van der Waals surface area contributed by atoms with Crippen molar-refractivity contribution in [2.45, 2.75) is 6.92 Å². The normalized spacial score (nSPS) is 9.50. The van der Waals surface area contributed by atoms with Crippen LogP contribution >= 0.6 is 0 Å². The van der Waals surface area contributed by atoms with E-state index in [0.29, 0.717) is 11.3 Å². The lowest BCUT2D eigenvalue weighted by atomic mass is 10.1. The van der Waals surface area contributed by atoms with Gasteiger partial charge < -0.3 is 16.6 Å². The molecule has 0 radical (unpaired) electrons. The molecular formula is C9H11N3O2. The van der Waals surface area contributed by atoms with Gasteiger partial charge in [-0.1, -0.05) is 0 Å². The topological polar surface area (TPSA) is 102 Å². The fourth-order valence-electron chi connectivity index (χ4n) is 1.11. The highest BCUT2D eigenvalue weighted by atomic mass is 16.4. The first-order valence-electron chi connectivity index (χ1n) is 3.94. The van der Waals surface area contributed by atoms with Gasteiger partial charge in [0.1, 0.15) is 0 Å². The number of carbonyl (C=O) groups is 1. The van der Waals surface area contributed by atoms with Crippen LogP contribution in [0.4, 0.5) is 5.69 Å². The molecule has 0 saturated heterocycles. The number of carboxylic acid groups (broad SMARTS) is 1. The molecule has 0 unspecified atom stereocenters. The number of aliphatic imine (C=N–C) groups is 1. The monoisotopic (exact) mass is 193 g/mol. The first-order chi connectivity index (χ1) is 6.50. The maximum atomic E-state index is 10.7. The summed E-state index contributed by atoms with van der Waals surface area (Å²) in [7, 11) is 0. The number of rotatable bonds is 2. The zero-order valence-corrected chi connectivity index (χ0v) is 7.69. The summed E-state index contributed by atoms with van der Waals surface area (Å²) in [6, 6.07) is 4.64. The standard InChI is InChI=1S/C9H11N3O2/c1-5-4-6(12-9(10)11)2-3-7(5)8(13)14/h2-4H,1H3,(H,13,14)(H4,10,11,12). The molecule has 0 amide bonds.